The van der Waals surface area contributed by atoms with Crippen molar-refractivity contribution in [1.29, 1.82) is 0 Å². The molecule has 1 aliphatic heterocycles. The van der Waals surface area contributed by atoms with Gasteiger partial charge in [-0.1, -0.05) is 42.5 Å². The van der Waals surface area contributed by atoms with Gasteiger partial charge < -0.3 is 21.1 Å². The number of alkyl carbamates (subject to hydrolysis) is 1. The number of aromatic nitrogens is 2. The van der Waals surface area contributed by atoms with Gasteiger partial charge in [0.25, 0.3) is 5.91 Å². The molecule has 5 rings (SSSR count). The molecule has 0 spiro atoms. The van der Waals surface area contributed by atoms with E-state index in [2.05, 4.69) is 20.7 Å². The van der Waals surface area contributed by atoms with Crippen LogP contribution in [0.2, 0.25) is 0 Å². The lowest BCUT2D eigenvalue weighted by molar-refractivity contribution is -0.213. The molecule has 2 heterocycles. The summed E-state index contributed by atoms with van der Waals surface area (Å²) in [5.74, 6) is -0.472. The molecule has 12 heteroatoms. The van der Waals surface area contributed by atoms with E-state index in [0.29, 0.717) is 18.2 Å². The van der Waals surface area contributed by atoms with Crippen LogP contribution in [0.3, 0.4) is 0 Å². The molecule has 1 aromatic heterocycles. The first kappa shape index (κ1) is 28.3. The first-order valence-electron chi connectivity index (χ1n) is 13.3. The molecule has 1 aromatic carbocycles. The van der Waals surface area contributed by atoms with Gasteiger partial charge >= 0.3 is 12.4 Å². The lowest BCUT2D eigenvalue weighted by atomic mass is 9.56. The standard InChI is InChI=1S/C29H31F3N6O3/c30-29(31,32)38-24(9-13-36-38)25(39)37-23-6-2-11-28(15-23,22-5-1-4-21(14-22)16-33)27(10-3-12-34-18-27)19-41-26(40)35-17-20-7-8-20/h1-6,9-14,20H,7-8,15-19,33H2,(H,35,40)(H,37,39). The van der Waals surface area contributed by atoms with Crippen LogP contribution < -0.4 is 16.4 Å². The van der Waals surface area contributed by atoms with Crippen LogP contribution in [0.4, 0.5) is 18.0 Å². The van der Waals surface area contributed by atoms with Gasteiger partial charge in [0, 0.05) is 36.8 Å². The molecule has 3 aliphatic rings. The monoisotopic (exact) mass is 568 g/mol. The highest BCUT2D eigenvalue weighted by atomic mass is 19.4. The first-order chi connectivity index (χ1) is 19.7. The molecule has 2 aromatic rings. The summed E-state index contributed by atoms with van der Waals surface area (Å²) in [5.41, 5.74) is 5.60. The van der Waals surface area contributed by atoms with E-state index in [4.69, 9.17) is 10.5 Å². The van der Waals surface area contributed by atoms with Crippen molar-refractivity contribution in [2.24, 2.45) is 22.1 Å². The Morgan fingerprint density at radius 2 is 2.00 bits per heavy atom. The van der Waals surface area contributed by atoms with Gasteiger partial charge in [-0.2, -0.15) is 9.78 Å². The molecule has 2 aliphatic carbocycles. The van der Waals surface area contributed by atoms with Crippen molar-refractivity contribution < 1.29 is 27.5 Å². The van der Waals surface area contributed by atoms with Gasteiger partial charge in [0.05, 0.1) is 18.2 Å². The maximum absolute atomic E-state index is 13.4. The minimum atomic E-state index is -4.85. The van der Waals surface area contributed by atoms with Crippen LogP contribution >= 0.6 is 0 Å². The zero-order valence-corrected chi connectivity index (χ0v) is 22.2. The number of nitrogens with zero attached hydrogens (tertiary/aromatic N) is 3. The van der Waals surface area contributed by atoms with Gasteiger partial charge in [0.1, 0.15) is 12.3 Å². The van der Waals surface area contributed by atoms with Crippen molar-refractivity contribution in [3.05, 3.63) is 89.4 Å². The Bertz CT molecular complexity index is 1420. The highest BCUT2D eigenvalue weighted by Crippen LogP contribution is 2.51. The van der Waals surface area contributed by atoms with Crippen LogP contribution in [0.1, 0.15) is 40.9 Å². The number of hydrogen-bond donors (Lipinski definition) is 3. The van der Waals surface area contributed by atoms with Gasteiger partial charge in [-0.25, -0.2) is 4.79 Å². The van der Waals surface area contributed by atoms with Crippen LogP contribution in [0.15, 0.2) is 77.6 Å². The van der Waals surface area contributed by atoms with E-state index in [9.17, 15) is 22.8 Å². The fourth-order valence-corrected chi connectivity index (χ4v) is 5.39. The number of halogens is 3. The van der Waals surface area contributed by atoms with Crippen molar-refractivity contribution >= 4 is 18.2 Å². The quantitative estimate of drug-likeness (QED) is 0.421. The largest absolute Gasteiger partial charge is 0.505 e. The second-order valence-corrected chi connectivity index (χ2v) is 10.6. The molecule has 2 unspecified atom stereocenters. The van der Waals surface area contributed by atoms with Crippen LogP contribution in [0, 0.1) is 11.3 Å². The molecule has 2 amide bonds. The summed E-state index contributed by atoms with van der Waals surface area (Å²) in [6.45, 7) is 1.07. The SMILES string of the molecule is NCc1cccc(C2(C3(COC(=O)NCC4CC4)C=CC=NC3)C=CC=C(NC(=O)c3ccnn3C(F)(F)F)C2)c1. The van der Waals surface area contributed by atoms with E-state index in [0.717, 1.165) is 36.2 Å². The number of ether oxygens (including phenoxy) is 1. The number of rotatable bonds is 9. The summed E-state index contributed by atoms with van der Waals surface area (Å²) in [6, 6.07) is 8.65. The predicted molar refractivity (Wildman–Crippen MR) is 146 cm³/mol. The van der Waals surface area contributed by atoms with Gasteiger partial charge in [0.2, 0.25) is 0 Å². The van der Waals surface area contributed by atoms with E-state index in [1.165, 1.54) is 0 Å². The lowest BCUT2D eigenvalue weighted by Crippen LogP contribution is -2.52. The third kappa shape index (κ3) is 5.97. The molecule has 9 nitrogen and oxygen atoms in total. The summed E-state index contributed by atoms with van der Waals surface area (Å²) in [5, 5.41) is 8.72. The molecule has 1 fully saturated rings. The van der Waals surface area contributed by atoms with Crippen LogP contribution in [-0.4, -0.2) is 47.7 Å². The molecule has 4 N–H and O–H groups in total. The van der Waals surface area contributed by atoms with Crippen LogP contribution in [0.5, 0.6) is 0 Å². The van der Waals surface area contributed by atoms with Crippen molar-refractivity contribution in [3.63, 3.8) is 0 Å². The average molecular weight is 569 g/mol. The smallest absolute Gasteiger partial charge is 0.449 e. The number of nitrogens with one attached hydrogen (secondary N) is 2. The van der Waals surface area contributed by atoms with Crippen molar-refractivity contribution in [2.45, 2.75) is 37.5 Å². The third-order valence-corrected chi connectivity index (χ3v) is 7.78. The Balaban J connectivity index is 1.48. The molecule has 41 heavy (non-hydrogen) atoms. The van der Waals surface area contributed by atoms with Crippen molar-refractivity contribution in [1.82, 2.24) is 20.4 Å². The molecule has 1 saturated carbocycles. The van der Waals surface area contributed by atoms with E-state index >= 15 is 0 Å². The minimum absolute atomic E-state index is 0.0311. The highest BCUT2D eigenvalue weighted by molar-refractivity contribution is 5.93. The van der Waals surface area contributed by atoms with E-state index in [1.54, 1.807) is 24.4 Å². The fraction of sp³-hybridized carbons (Fsp3) is 0.379. The molecule has 0 saturated heterocycles. The Hall–Kier alpha value is -4.19. The summed E-state index contributed by atoms with van der Waals surface area (Å²) >= 11 is 0. The number of carbonyl (C=O) groups excluding carboxylic acids is 2. The van der Waals surface area contributed by atoms with Gasteiger partial charge in [0.15, 0.2) is 0 Å². The Labute approximate surface area is 235 Å². The van der Waals surface area contributed by atoms with E-state index in [1.807, 2.05) is 36.4 Å². The molecule has 0 bridgehead atoms. The van der Waals surface area contributed by atoms with Gasteiger partial charge in [-0.3, -0.25) is 9.79 Å². The Kier molecular flexibility index (Phi) is 7.85. The van der Waals surface area contributed by atoms with Crippen molar-refractivity contribution in [2.75, 3.05) is 19.7 Å². The zero-order valence-electron chi connectivity index (χ0n) is 22.2. The summed E-state index contributed by atoms with van der Waals surface area (Å²) in [6.07, 6.45) is 8.63. The van der Waals surface area contributed by atoms with Gasteiger partial charge in [-0.05, 0) is 48.1 Å². The maximum atomic E-state index is 13.4. The summed E-state index contributed by atoms with van der Waals surface area (Å²) in [4.78, 5) is 30.2. The number of benzene rings is 1. The highest BCUT2D eigenvalue weighted by Gasteiger charge is 2.52. The molecular weight excluding hydrogens is 537 g/mol. The molecule has 2 atom stereocenters. The third-order valence-electron chi connectivity index (χ3n) is 7.78. The number of nitrogens with two attached hydrogens (primary N) is 1. The van der Waals surface area contributed by atoms with Crippen LogP contribution in [-0.2, 0) is 23.0 Å². The number of alkyl halides is 3. The number of amides is 2. The number of dihydropyridines is 1. The van der Waals surface area contributed by atoms with Gasteiger partial charge in [-0.15, -0.1) is 13.2 Å². The number of carbonyl (C=O) groups is 2. The average Bonchev–Trinajstić information content (AvgIpc) is 3.66. The van der Waals surface area contributed by atoms with Crippen LogP contribution in [0.25, 0.3) is 0 Å². The second kappa shape index (κ2) is 11.4. The Morgan fingerprint density at radius 1 is 1.17 bits per heavy atom. The summed E-state index contributed by atoms with van der Waals surface area (Å²) < 4.78 is 45.7. The Morgan fingerprint density at radius 3 is 2.71 bits per heavy atom. The number of aliphatic imine (C=N–C) groups is 1. The number of hydrogen-bond acceptors (Lipinski definition) is 6. The molecular formula is C29H31F3N6O3. The second-order valence-electron chi connectivity index (χ2n) is 10.6. The van der Waals surface area contributed by atoms with E-state index < -0.39 is 34.8 Å². The normalized spacial score (nSPS) is 23.7. The predicted octanol–water partition coefficient (Wildman–Crippen LogP) is 4.09. The minimum Gasteiger partial charge on any atom is -0.449 e. The fourth-order valence-electron chi connectivity index (χ4n) is 5.39. The summed E-state index contributed by atoms with van der Waals surface area (Å²) in [7, 11) is 0. The first-order valence-corrected chi connectivity index (χ1v) is 13.3. The zero-order chi connectivity index (χ0) is 29.1. The number of allylic oxidation sites excluding steroid dienone is 5. The van der Waals surface area contributed by atoms with Crippen molar-refractivity contribution in [3.8, 4) is 0 Å². The topological polar surface area (TPSA) is 124 Å². The molecule has 216 valence electrons. The molecule has 0 radical (unpaired) electrons. The lowest BCUT2D eigenvalue weighted by Gasteiger charge is -2.49. The maximum Gasteiger partial charge on any atom is 0.505 e. The van der Waals surface area contributed by atoms with E-state index in [-0.39, 0.29) is 30.8 Å².